The summed E-state index contributed by atoms with van der Waals surface area (Å²) in [6, 6.07) is 2.47. The molecule has 0 aromatic carbocycles. The third-order valence-electron chi connectivity index (χ3n) is 0.0500. The van der Waals surface area contributed by atoms with E-state index in [4.69, 9.17) is 10.5 Å². The van der Waals surface area contributed by atoms with Crippen molar-refractivity contribution in [3.05, 3.63) is 0 Å². The largest absolute Gasteiger partial charge is 0.181 e. The molecule has 0 bridgehead atoms. The minimum atomic E-state index is 0. The molecular weight excluding hydrogens is 120 g/mol. The van der Waals surface area contributed by atoms with E-state index in [0.29, 0.717) is 0 Å². The summed E-state index contributed by atoms with van der Waals surface area (Å²) in [6.45, 7) is 0. The molecule has 0 aromatic heterocycles. The van der Waals surface area contributed by atoms with Crippen LogP contribution in [0.2, 0.25) is 0 Å². The Kier molecular flexibility index (Phi) is 72.8. The van der Waals surface area contributed by atoms with Crippen molar-refractivity contribution in [2.24, 2.45) is 0 Å². The maximum absolute atomic E-state index is 7.26. The Morgan fingerprint density at radius 1 is 1.00 bits per heavy atom. The van der Waals surface area contributed by atoms with Crippen LogP contribution in [-0.2, 0) is 17.1 Å². The summed E-state index contributed by atoms with van der Waals surface area (Å²) >= 11 is 0. The predicted molar refractivity (Wildman–Crippen MR) is 18.0 cm³/mol. The van der Waals surface area contributed by atoms with E-state index in [0.717, 1.165) is 0 Å². The fraction of sp³-hybridized carbons (Fsp3) is 0.333. The van der Waals surface area contributed by atoms with E-state index < -0.39 is 0 Å². The summed E-state index contributed by atoms with van der Waals surface area (Å²) in [4.78, 5) is 0. The summed E-state index contributed by atoms with van der Waals surface area (Å²) in [6.07, 6.45) is 0. The molecule has 3 heteroatoms. The van der Waals surface area contributed by atoms with Crippen LogP contribution in [0.5, 0.6) is 0 Å². The molecule has 0 saturated heterocycles. The second-order valence-corrected chi connectivity index (χ2v) is 0.224. The van der Waals surface area contributed by atoms with Crippen LogP contribution in [0, 0.1) is 22.7 Å². The molecule has 0 radical (unpaired) electrons. The van der Waals surface area contributed by atoms with Gasteiger partial charge in [0.05, 0.1) is 0 Å². The molecule has 0 rings (SSSR count). The van der Waals surface area contributed by atoms with E-state index in [-0.39, 0.29) is 24.5 Å². The van der Waals surface area contributed by atoms with Gasteiger partial charge in [-0.1, -0.05) is 7.43 Å². The number of nitriles is 2. The van der Waals surface area contributed by atoms with Crippen molar-refractivity contribution in [2.75, 3.05) is 0 Å². The van der Waals surface area contributed by atoms with Gasteiger partial charge in [0.1, 0.15) is 0 Å². The molecule has 0 fully saturated rings. The first-order valence-corrected chi connectivity index (χ1v) is 0.697. The van der Waals surface area contributed by atoms with E-state index in [9.17, 15) is 0 Å². The van der Waals surface area contributed by atoms with Crippen LogP contribution >= 0.6 is 0 Å². The van der Waals surface area contributed by atoms with Crippen molar-refractivity contribution in [1.82, 2.24) is 0 Å². The first-order chi connectivity index (χ1) is 1.91. The average Bonchev–Trinajstić information content (AvgIpc) is 1.37. The first kappa shape index (κ1) is 17.8. The molecule has 0 saturated carbocycles. The van der Waals surface area contributed by atoms with E-state index in [2.05, 4.69) is 0 Å². The molecule has 2 nitrogen and oxygen atoms in total. The Morgan fingerprint density at radius 2 is 1.17 bits per heavy atom. The molecule has 0 N–H and O–H groups in total. The molecule has 0 aliphatic carbocycles. The van der Waals surface area contributed by atoms with Crippen molar-refractivity contribution >= 4 is 0 Å². The van der Waals surface area contributed by atoms with E-state index in [1.54, 1.807) is 0 Å². The second kappa shape index (κ2) is 24.5. The fourth-order valence-corrected chi connectivity index (χ4v) is 0. The fourth-order valence-electron chi connectivity index (χ4n) is 0. The third kappa shape index (κ3) is 87.6. The van der Waals surface area contributed by atoms with Crippen LogP contribution in [0.4, 0.5) is 0 Å². The Labute approximate surface area is 47.9 Å². The SMILES string of the molecule is C.N#CC#N.[Fe]. The van der Waals surface area contributed by atoms with Gasteiger partial charge in [0, 0.05) is 17.1 Å². The summed E-state index contributed by atoms with van der Waals surface area (Å²) in [7, 11) is 0. The van der Waals surface area contributed by atoms with Gasteiger partial charge < -0.3 is 0 Å². The molecule has 0 aliphatic heterocycles. The van der Waals surface area contributed by atoms with E-state index >= 15 is 0 Å². The van der Waals surface area contributed by atoms with Gasteiger partial charge in [-0.15, -0.1) is 0 Å². The molecule has 0 aliphatic rings. The Balaban J connectivity index is -0.0000000450. The summed E-state index contributed by atoms with van der Waals surface area (Å²) in [5.41, 5.74) is 0. The van der Waals surface area contributed by atoms with Crippen LogP contribution in [0.3, 0.4) is 0 Å². The van der Waals surface area contributed by atoms with Gasteiger partial charge in [0.25, 0.3) is 0 Å². The zero-order valence-electron chi connectivity index (χ0n) is 2.25. The van der Waals surface area contributed by atoms with Crippen LogP contribution in [0.1, 0.15) is 7.43 Å². The predicted octanol–water partition coefficient (Wildman–Crippen LogP) is 0.667. The molecule has 0 atom stereocenters. The molecule has 0 spiro atoms. The quantitative estimate of drug-likeness (QED) is 0.445. The van der Waals surface area contributed by atoms with Crippen molar-refractivity contribution in [1.29, 1.82) is 10.5 Å². The number of nitrogens with zero attached hydrogens (tertiary/aromatic N) is 2. The molecule has 0 heterocycles. The second-order valence-electron chi connectivity index (χ2n) is 0.224. The standard InChI is InChI=1S/C2N2.CH4.Fe/c3-1-2-4;;/h;1H4;. The first-order valence-electron chi connectivity index (χ1n) is 0.697. The summed E-state index contributed by atoms with van der Waals surface area (Å²) in [5.74, 6) is 0. The van der Waals surface area contributed by atoms with Gasteiger partial charge in [-0.25, -0.2) is 0 Å². The number of hydrogen-bond donors (Lipinski definition) is 0. The zero-order valence-corrected chi connectivity index (χ0v) is 3.35. The van der Waals surface area contributed by atoms with Crippen molar-refractivity contribution in [3.8, 4) is 12.1 Å². The number of hydrogen-bond acceptors (Lipinski definition) is 2. The van der Waals surface area contributed by atoms with Crippen molar-refractivity contribution < 1.29 is 17.1 Å². The van der Waals surface area contributed by atoms with Gasteiger partial charge in [0.2, 0.25) is 0 Å². The summed E-state index contributed by atoms with van der Waals surface area (Å²) in [5, 5.41) is 14.5. The Morgan fingerprint density at radius 3 is 1.17 bits per heavy atom. The van der Waals surface area contributed by atoms with E-state index in [1.807, 2.05) is 0 Å². The maximum Gasteiger partial charge on any atom is 0.181 e. The maximum atomic E-state index is 7.26. The molecule has 6 heavy (non-hydrogen) atoms. The Hall–Kier alpha value is -0.501. The topological polar surface area (TPSA) is 47.6 Å². The van der Waals surface area contributed by atoms with Crippen LogP contribution in [0.25, 0.3) is 0 Å². The molecule has 0 amide bonds. The van der Waals surface area contributed by atoms with Crippen molar-refractivity contribution in [3.63, 3.8) is 0 Å². The van der Waals surface area contributed by atoms with Gasteiger partial charge in [0.15, 0.2) is 12.1 Å². The Bertz CT molecular complexity index is 63.8. The van der Waals surface area contributed by atoms with Gasteiger partial charge in [-0.05, 0) is 0 Å². The zero-order chi connectivity index (χ0) is 3.41. The minimum Gasteiger partial charge on any atom is -0.181 e. The molecule has 0 unspecified atom stereocenters. The van der Waals surface area contributed by atoms with Gasteiger partial charge in [-0.3, -0.25) is 0 Å². The normalized spacial score (nSPS) is 1.67. The smallest absolute Gasteiger partial charge is 0.181 e. The van der Waals surface area contributed by atoms with Crippen LogP contribution < -0.4 is 0 Å². The molecule has 0 aromatic rings. The minimum absolute atomic E-state index is 0. The van der Waals surface area contributed by atoms with Crippen LogP contribution in [-0.4, -0.2) is 0 Å². The number of rotatable bonds is 0. The van der Waals surface area contributed by atoms with Gasteiger partial charge in [-0.2, -0.15) is 10.5 Å². The average molecular weight is 124 g/mol. The van der Waals surface area contributed by atoms with Gasteiger partial charge >= 0.3 is 0 Å². The molecule has 34 valence electrons. The summed E-state index contributed by atoms with van der Waals surface area (Å²) < 4.78 is 0. The van der Waals surface area contributed by atoms with Crippen LogP contribution in [0.15, 0.2) is 0 Å². The third-order valence-corrected chi connectivity index (χ3v) is 0.0500. The van der Waals surface area contributed by atoms with E-state index in [1.165, 1.54) is 12.1 Å². The molecular formula is C3H4FeN2. The van der Waals surface area contributed by atoms with Crippen molar-refractivity contribution in [2.45, 2.75) is 7.43 Å². The monoisotopic (exact) mass is 124 g/mol.